The van der Waals surface area contributed by atoms with Crippen LogP contribution in [0.1, 0.15) is 18.2 Å². The summed E-state index contributed by atoms with van der Waals surface area (Å²) < 4.78 is 126. The molecule has 1 fully saturated rings. The summed E-state index contributed by atoms with van der Waals surface area (Å²) in [5.74, 6) is -19.5. The maximum atomic E-state index is 14.1. The summed E-state index contributed by atoms with van der Waals surface area (Å²) in [6, 6.07) is 0. The quantitative estimate of drug-likeness (QED) is 0.378. The summed E-state index contributed by atoms with van der Waals surface area (Å²) in [6.45, 7) is 0.304. The zero-order valence-corrected chi connectivity index (χ0v) is 18.1. The van der Waals surface area contributed by atoms with Crippen molar-refractivity contribution in [3.05, 3.63) is 79.7 Å². The average Bonchev–Trinajstić information content (AvgIpc) is 3.24. The Bertz CT molecular complexity index is 1440. The normalized spacial score (nSPS) is 19.3. The molecule has 3 aromatic heterocycles. The number of pyridine rings is 2. The van der Waals surface area contributed by atoms with Gasteiger partial charge in [-0.05, 0) is 6.92 Å². The van der Waals surface area contributed by atoms with Gasteiger partial charge < -0.3 is 14.2 Å². The van der Waals surface area contributed by atoms with Crippen molar-refractivity contribution in [3.63, 3.8) is 0 Å². The molecule has 198 valence electrons. The molecule has 0 aliphatic carbocycles. The Morgan fingerprint density at radius 2 is 1.43 bits per heavy atom. The van der Waals surface area contributed by atoms with E-state index in [1.165, 1.54) is 6.92 Å². The molecule has 1 aliphatic heterocycles. The topological polar surface area (TPSA) is 108 Å². The fourth-order valence-corrected chi connectivity index (χ4v) is 3.43. The van der Waals surface area contributed by atoms with Crippen molar-refractivity contribution in [1.29, 1.82) is 0 Å². The largest absolute Gasteiger partial charge is 0.484 e. The van der Waals surface area contributed by atoms with E-state index in [1.807, 2.05) is 4.98 Å². The van der Waals surface area contributed by atoms with Crippen molar-refractivity contribution in [3.8, 4) is 11.5 Å². The van der Waals surface area contributed by atoms with Gasteiger partial charge in [-0.25, -0.2) is 4.79 Å². The molecule has 3 aromatic rings. The number of aromatic nitrogens is 4. The van der Waals surface area contributed by atoms with E-state index >= 15 is 0 Å². The SMILES string of the molecule is Cc1cn([C@H]2C[C@H](Oc3c(F)c(F)nc(F)c3F)[C@@H](COc3c(F)c(F)nc(F)c3F)O2)c(=O)[nH]c1=O. The molecule has 0 spiro atoms. The first-order chi connectivity index (χ1) is 17.4. The van der Waals surface area contributed by atoms with Crippen LogP contribution in [0.2, 0.25) is 0 Å². The Hall–Kier alpha value is -4.02. The highest BCUT2D eigenvalue weighted by atomic mass is 19.2. The van der Waals surface area contributed by atoms with Crippen molar-refractivity contribution >= 4 is 0 Å². The highest BCUT2D eigenvalue weighted by molar-refractivity contribution is 5.26. The van der Waals surface area contributed by atoms with E-state index in [2.05, 4.69) is 9.97 Å². The second-order valence-corrected chi connectivity index (χ2v) is 7.61. The van der Waals surface area contributed by atoms with Crippen LogP contribution >= 0.6 is 0 Å². The summed E-state index contributed by atoms with van der Waals surface area (Å²) in [5.41, 5.74) is -1.72. The van der Waals surface area contributed by atoms with Crippen LogP contribution in [-0.4, -0.2) is 38.3 Å². The van der Waals surface area contributed by atoms with Crippen LogP contribution in [0.25, 0.3) is 0 Å². The number of H-pyrrole nitrogens is 1. The number of nitrogens with zero attached hydrogens (tertiary/aromatic N) is 3. The Morgan fingerprint density at radius 1 is 0.919 bits per heavy atom. The van der Waals surface area contributed by atoms with Crippen LogP contribution in [0.4, 0.5) is 35.1 Å². The molecule has 3 atom stereocenters. The molecule has 4 heterocycles. The predicted octanol–water partition coefficient (Wildman–Crippen LogP) is 2.56. The highest BCUT2D eigenvalue weighted by Gasteiger charge is 2.41. The van der Waals surface area contributed by atoms with Crippen LogP contribution in [0.5, 0.6) is 11.5 Å². The summed E-state index contributed by atoms with van der Waals surface area (Å²) in [6.07, 6.45) is -4.11. The molecule has 9 nitrogen and oxygen atoms in total. The van der Waals surface area contributed by atoms with Gasteiger partial charge in [-0.3, -0.25) is 14.3 Å². The maximum Gasteiger partial charge on any atom is 0.330 e. The van der Waals surface area contributed by atoms with Crippen molar-refractivity contribution in [2.24, 2.45) is 0 Å². The minimum atomic E-state index is -2.06. The van der Waals surface area contributed by atoms with E-state index in [4.69, 9.17) is 14.2 Å². The van der Waals surface area contributed by atoms with Crippen LogP contribution in [0.3, 0.4) is 0 Å². The van der Waals surface area contributed by atoms with Crippen molar-refractivity contribution < 1.29 is 49.3 Å². The minimum absolute atomic E-state index is 0.0302. The number of ether oxygens (including phenoxy) is 3. The van der Waals surface area contributed by atoms with Gasteiger partial charge >= 0.3 is 5.69 Å². The number of rotatable bonds is 6. The van der Waals surface area contributed by atoms with Crippen molar-refractivity contribution in [2.75, 3.05) is 6.61 Å². The lowest BCUT2D eigenvalue weighted by Crippen LogP contribution is -2.34. The summed E-state index contributed by atoms with van der Waals surface area (Å²) in [4.78, 5) is 30.6. The molecular formula is C20H12F8N4O5. The second-order valence-electron chi connectivity index (χ2n) is 7.61. The molecular weight excluding hydrogens is 528 g/mol. The molecule has 0 unspecified atom stereocenters. The Kier molecular flexibility index (Phi) is 6.90. The zero-order valence-electron chi connectivity index (χ0n) is 18.1. The molecule has 37 heavy (non-hydrogen) atoms. The lowest BCUT2D eigenvalue weighted by molar-refractivity contribution is -0.0394. The third-order valence-corrected chi connectivity index (χ3v) is 5.21. The molecule has 0 bridgehead atoms. The molecule has 1 N–H and O–H groups in total. The van der Waals surface area contributed by atoms with Gasteiger partial charge in [-0.2, -0.15) is 45.1 Å². The minimum Gasteiger partial charge on any atom is -0.484 e. The molecule has 0 amide bonds. The third-order valence-electron chi connectivity index (χ3n) is 5.21. The maximum absolute atomic E-state index is 14.1. The molecule has 0 aromatic carbocycles. The number of hydrogen-bond donors (Lipinski definition) is 1. The van der Waals surface area contributed by atoms with E-state index in [-0.39, 0.29) is 5.56 Å². The van der Waals surface area contributed by atoms with Gasteiger partial charge in [-0.1, -0.05) is 0 Å². The molecule has 0 radical (unpaired) electrons. The predicted molar refractivity (Wildman–Crippen MR) is 103 cm³/mol. The smallest absolute Gasteiger partial charge is 0.330 e. The van der Waals surface area contributed by atoms with Gasteiger partial charge in [0.1, 0.15) is 25.0 Å². The number of halogens is 8. The number of aryl methyl sites for hydroxylation is 1. The van der Waals surface area contributed by atoms with Crippen LogP contribution in [0, 0.1) is 54.0 Å². The number of aromatic amines is 1. The van der Waals surface area contributed by atoms with Gasteiger partial charge in [0.15, 0.2) is 0 Å². The molecule has 17 heteroatoms. The molecule has 1 aliphatic rings. The van der Waals surface area contributed by atoms with E-state index in [0.717, 1.165) is 10.8 Å². The Balaban J connectivity index is 1.69. The Morgan fingerprint density at radius 3 is 1.97 bits per heavy atom. The molecule has 4 rings (SSSR count). The first-order valence-electron chi connectivity index (χ1n) is 10.1. The zero-order chi connectivity index (χ0) is 27.2. The summed E-state index contributed by atoms with van der Waals surface area (Å²) in [7, 11) is 0. The lowest BCUT2D eigenvalue weighted by atomic mass is 10.1. The lowest BCUT2D eigenvalue weighted by Gasteiger charge is -2.21. The van der Waals surface area contributed by atoms with Crippen LogP contribution < -0.4 is 20.7 Å². The van der Waals surface area contributed by atoms with Gasteiger partial charge in [0.25, 0.3) is 29.4 Å². The number of hydrogen-bond acceptors (Lipinski definition) is 7. The van der Waals surface area contributed by atoms with E-state index in [0.29, 0.717) is 0 Å². The van der Waals surface area contributed by atoms with Gasteiger partial charge in [0.05, 0.1) is 0 Å². The molecule has 0 saturated carbocycles. The fourth-order valence-electron chi connectivity index (χ4n) is 3.43. The van der Waals surface area contributed by atoms with E-state index < -0.39 is 101 Å². The van der Waals surface area contributed by atoms with E-state index in [9.17, 15) is 44.7 Å². The van der Waals surface area contributed by atoms with E-state index in [1.54, 1.807) is 0 Å². The highest BCUT2D eigenvalue weighted by Crippen LogP contribution is 2.35. The van der Waals surface area contributed by atoms with Crippen molar-refractivity contribution in [1.82, 2.24) is 19.5 Å². The summed E-state index contributed by atoms with van der Waals surface area (Å²) in [5, 5.41) is 0. The van der Waals surface area contributed by atoms with Gasteiger partial charge in [0.2, 0.25) is 34.8 Å². The first-order valence-corrected chi connectivity index (χ1v) is 10.1. The van der Waals surface area contributed by atoms with Crippen LogP contribution in [-0.2, 0) is 4.74 Å². The fraction of sp³-hybridized carbons (Fsp3) is 0.300. The standard InChI is InChI=1S/C20H12F8N4O5/c1-5-3-32(20(34)31-19(5)33)8-2-6(37-14-11(23)17(27)30-18(28)12(14)24)7(36-8)4-35-13-9(21)15(25)29-16(26)10(13)22/h3,6-8H,2,4H2,1H3,(H,31,33,34)/t6-,7+,8+/m0/s1. The van der Waals surface area contributed by atoms with Crippen molar-refractivity contribution in [2.45, 2.75) is 31.8 Å². The molecule has 1 saturated heterocycles. The Labute approximate surface area is 199 Å². The summed E-state index contributed by atoms with van der Waals surface area (Å²) >= 11 is 0. The van der Waals surface area contributed by atoms with Gasteiger partial charge in [-0.15, -0.1) is 0 Å². The van der Waals surface area contributed by atoms with Crippen LogP contribution in [0.15, 0.2) is 15.8 Å². The number of nitrogens with one attached hydrogen (secondary N) is 1. The monoisotopic (exact) mass is 540 g/mol. The first kappa shape index (κ1) is 26.1. The van der Waals surface area contributed by atoms with Gasteiger partial charge in [0, 0.05) is 18.2 Å². The third kappa shape index (κ3) is 4.85. The second kappa shape index (κ2) is 9.79. The average molecular weight is 540 g/mol.